The van der Waals surface area contributed by atoms with Crippen LogP contribution in [0.5, 0.6) is 0 Å². The highest BCUT2D eigenvalue weighted by molar-refractivity contribution is 6.16. The Morgan fingerprint density at radius 2 is 0.672 bits per heavy atom. The summed E-state index contributed by atoms with van der Waals surface area (Å²) in [5, 5.41) is 10.0. The molecule has 270 valence electrons. The fraction of sp³-hybridized carbons (Fsp3) is 0. The molecular weight excluding hydrogens is 701 g/mol. The van der Waals surface area contributed by atoms with Crippen molar-refractivity contribution in [2.45, 2.75) is 0 Å². The summed E-state index contributed by atoms with van der Waals surface area (Å²) in [6.45, 7) is 0. The standard InChI is InChI=1S/C56H36N2/c1-3-15-37(16-4-1)42-31-43(38-17-5-2-6-18-38)33-44(32-42)57-52-25-13-11-23-48(52)50-29-27-39(34-54(50)57)40-28-30-51-49-24-12-14-26-53(49)58(55(51)35-40)56-36-41-19-7-8-20-45(41)46-21-9-10-22-47(46)56/h1-36H. The normalized spacial score (nSPS) is 11.8. The highest BCUT2D eigenvalue weighted by atomic mass is 15.0. The van der Waals surface area contributed by atoms with Gasteiger partial charge in [0, 0.05) is 32.6 Å². The van der Waals surface area contributed by atoms with Crippen LogP contribution in [-0.4, -0.2) is 9.13 Å². The third kappa shape index (κ3) is 5.05. The Hall–Kier alpha value is -7.68. The molecule has 0 aliphatic heterocycles. The molecule has 0 aliphatic rings. The average Bonchev–Trinajstić information content (AvgIpc) is 3.81. The van der Waals surface area contributed by atoms with E-state index in [1.165, 1.54) is 104 Å². The van der Waals surface area contributed by atoms with Gasteiger partial charge in [0.05, 0.1) is 27.8 Å². The molecule has 0 unspecified atom stereocenters. The molecule has 58 heavy (non-hydrogen) atoms. The summed E-state index contributed by atoms with van der Waals surface area (Å²) in [7, 11) is 0. The van der Waals surface area contributed by atoms with Crippen LogP contribution in [0.25, 0.3) is 110 Å². The summed E-state index contributed by atoms with van der Waals surface area (Å²) in [6, 6.07) is 80.1. The van der Waals surface area contributed by atoms with Crippen LogP contribution in [0.1, 0.15) is 0 Å². The Kier molecular flexibility index (Phi) is 7.26. The number of aromatic nitrogens is 2. The van der Waals surface area contributed by atoms with Gasteiger partial charge in [-0.2, -0.15) is 0 Å². The van der Waals surface area contributed by atoms with Gasteiger partial charge in [0.15, 0.2) is 0 Å². The zero-order valence-electron chi connectivity index (χ0n) is 31.7. The molecule has 10 aromatic carbocycles. The Bertz CT molecular complexity index is 3490. The molecule has 2 heterocycles. The molecule has 2 heteroatoms. The molecule has 2 aromatic heterocycles. The van der Waals surface area contributed by atoms with Crippen LogP contribution < -0.4 is 0 Å². The van der Waals surface area contributed by atoms with Gasteiger partial charge in [0.2, 0.25) is 0 Å². The highest BCUT2D eigenvalue weighted by Gasteiger charge is 2.19. The first-order valence-electron chi connectivity index (χ1n) is 20.0. The molecule has 0 saturated heterocycles. The number of fused-ring (bicyclic) bond motifs is 9. The van der Waals surface area contributed by atoms with Crippen LogP contribution in [0.3, 0.4) is 0 Å². The Morgan fingerprint density at radius 3 is 1.28 bits per heavy atom. The first kappa shape index (κ1) is 32.6. The maximum atomic E-state index is 2.48. The van der Waals surface area contributed by atoms with Crippen molar-refractivity contribution < 1.29 is 0 Å². The fourth-order valence-electron chi connectivity index (χ4n) is 9.39. The van der Waals surface area contributed by atoms with Crippen LogP contribution in [0.4, 0.5) is 0 Å². The van der Waals surface area contributed by atoms with Crippen LogP contribution >= 0.6 is 0 Å². The number of benzene rings is 10. The lowest BCUT2D eigenvalue weighted by Crippen LogP contribution is -1.97. The number of rotatable bonds is 5. The lowest BCUT2D eigenvalue weighted by atomic mass is 9.98. The van der Waals surface area contributed by atoms with Gasteiger partial charge in [-0.1, -0.05) is 170 Å². The molecule has 0 aliphatic carbocycles. The van der Waals surface area contributed by atoms with Crippen molar-refractivity contribution in [3.05, 3.63) is 218 Å². The maximum Gasteiger partial charge on any atom is 0.0547 e. The molecule has 0 atom stereocenters. The minimum atomic E-state index is 1.14. The van der Waals surface area contributed by atoms with Crippen LogP contribution in [0.2, 0.25) is 0 Å². The molecule has 12 rings (SSSR count). The predicted octanol–water partition coefficient (Wildman–Crippen LogP) is 15.2. The van der Waals surface area contributed by atoms with Crippen molar-refractivity contribution in [1.82, 2.24) is 9.13 Å². The number of hydrogen-bond acceptors (Lipinski definition) is 0. The fourth-order valence-corrected chi connectivity index (χ4v) is 9.39. The van der Waals surface area contributed by atoms with E-state index < -0.39 is 0 Å². The van der Waals surface area contributed by atoms with Gasteiger partial charge in [-0.3, -0.25) is 0 Å². The average molecular weight is 737 g/mol. The van der Waals surface area contributed by atoms with Gasteiger partial charge < -0.3 is 9.13 Å². The number of para-hydroxylation sites is 2. The summed E-state index contributed by atoms with van der Waals surface area (Å²) in [5.41, 5.74) is 14.3. The quantitative estimate of drug-likeness (QED) is 0.156. The molecular formula is C56H36N2. The second-order valence-electron chi connectivity index (χ2n) is 15.3. The third-order valence-electron chi connectivity index (χ3n) is 12.1. The summed E-state index contributed by atoms with van der Waals surface area (Å²) < 4.78 is 4.95. The monoisotopic (exact) mass is 736 g/mol. The summed E-state index contributed by atoms with van der Waals surface area (Å²) >= 11 is 0. The third-order valence-corrected chi connectivity index (χ3v) is 12.1. The van der Waals surface area contributed by atoms with E-state index in [0.29, 0.717) is 0 Å². The van der Waals surface area contributed by atoms with Gasteiger partial charge in [0.25, 0.3) is 0 Å². The second-order valence-corrected chi connectivity index (χ2v) is 15.3. The zero-order chi connectivity index (χ0) is 38.2. The number of hydrogen-bond donors (Lipinski definition) is 0. The summed E-state index contributed by atoms with van der Waals surface area (Å²) in [5.74, 6) is 0. The van der Waals surface area contributed by atoms with Gasteiger partial charge in [-0.15, -0.1) is 0 Å². The van der Waals surface area contributed by atoms with E-state index in [9.17, 15) is 0 Å². The molecule has 0 fully saturated rings. The molecule has 0 spiro atoms. The Labute approximate surface area is 336 Å². The highest BCUT2D eigenvalue weighted by Crippen LogP contribution is 2.41. The molecule has 0 saturated carbocycles. The summed E-state index contributed by atoms with van der Waals surface area (Å²) in [6.07, 6.45) is 0. The minimum Gasteiger partial charge on any atom is -0.309 e. The largest absolute Gasteiger partial charge is 0.309 e. The lowest BCUT2D eigenvalue weighted by Gasteiger charge is -2.15. The molecule has 0 radical (unpaired) electrons. The van der Waals surface area contributed by atoms with E-state index >= 15 is 0 Å². The second kappa shape index (κ2) is 12.9. The van der Waals surface area contributed by atoms with Crippen molar-refractivity contribution in [1.29, 1.82) is 0 Å². The smallest absolute Gasteiger partial charge is 0.0547 e. The van der Waals surface area contributed by atoms with E-state index in [1.54, 1.807) is 0 Å². The van der Waals surface area contributed by atoms with Crippen molar-refractivity contribution in [2.24, 2.45) is 0 Å². The molecule has 12 aromatic rings. The minimum absolute atomic E-state index is 1.14. The lowest BCUT2D eigenvalue weighted by molar-refractivity contribution is 1.18. The van der Waals surface area contributed by atoms with Crippen molar-refractivity contribution in [2.75, 3.05) is 0 Å². The van der Waals surface area contributed by atoms with E-state index in [2.05, 4.69) is 228 Å². The zero-order valence-corrected chi connectivity index (χ0v) is 31.7. The van der Waals surface area contributed by atoms with Gasteiger partial charge in [-0.05, 0) is 98.1 Å². The molecule has 0 N–H and O–H groups in total. The van der Waals surface area contributed by atoms with Gasteiger partial charge >= 0.3 is 0 Å². The van der Waals surface area contributed by atoms with E-state index in [1.807, 2.05) is 0 Å². The van der Waals surface area contributed by atoms with Crippen molar-refractivity contribution >= 4 is 65.2 Å². The van der Waals surface area contributed by atoms with Gasteiger partial charge in [-0.25, -0.2) is 0 Å². The van der Waals surface area contributed by atoms with Crippen molar-refractivity contribution in [3.8, 4) is 44.8 Å². The van der Waals surface area contributed by atoms with Crippen LogP contribution in [-0.2, 0) is 0 Å². The Balaban J connectivity index is 1.10. The summed E-state index contributed by atoms with van der Waals surface area (Å²) in [4.78, 5) is 0. The maximum absolute atomic E-state index is 2.48. The van der Waals surface area contributed by atoms with Crippen molar-refractivity contribution in [3.63, 3.8) is 0 Å². The topological polar surface area (TPSA) is 9.86 Å². The predicted molar refractivity (Wildman–Crippen MR) is 246 cm³/mol. The first-order chi connectivity index (χ1) is 28.8. The first-order valence-corrected chi connectivity index (χ1v) is 20.0. The van der Waals surface area contributed by atoms with Crippen LogP contribution in [0, 0.1) is 0 Å². The van der Waals surface area contributed by atoms with E-state index in [-0.39, 0.29) is 0 Å². The SMILES string of the molecule is c1ccc(-c2cc(-c3ccccc3)cc(-n3c4ccccc4c4ccc(-c5ccc6c7ccccc7n(-c7cc8ccccc8c8ccccc78)c6c5)cc43)c2)cc1. The van der Waals surface area contributed by atoms with E-state index in [4.69, 9.17) is 0 Å². The van der Waals surface area contributed by atoms with E-state index in [0.717, 1.165) is 5.69 Å². The molecule has 0 amide bonds. The molecule has 0 bridgehead atoms. The molecule has 2 nitrogen and oxygen atoms in total. The number of nitrogens with zero attached hydrogens (tertiary/aromatic N) is 2. The Morgan fingerprint density at radius 1 is 0.224 bits per heavy atom. The van der Waals surface area contributed by atoms with Gasteiger partial charge in [0.1, 0.15) is 0 Å². The van der Waals surface area contributed by atoms with Crippen LogP contribution in [0.15, 0.2) is 218 Å².